The average Bonchev–Trinajstić information content (AvgIpc) is 3.26. The number of aromatic nitrogens is 2. The van der Waals surface area contributed by atoms with Crippen LogP contribution in [0.15, 0.2) is 65.3 Å². The van der Waals surface area contributed by atoms with Gasteiger partial charge in [0.1, 0.15) is 18.2 Å². The Hall–Kier alpha value is -3.46. The number of aryl methyl sites for hydroxylation is 2. The second-order valence-electron chi connectivity index (χ2n) is 10.3. The highest BCUT2D eigenvalue weighted by Gasteiger charge is 2.37. The summed E-state index contributed by atoms with van der Waals surface area (Å²) in [6.45, 7) is 11.2. The Morgan fingerprint density at radius 2 is 1.79 bits per heavy atom. The van der Waals surface area contributed by atoms with Gasteiger partial charge in [0, 0.05) is 40.1 Å². The molecule has 6 rings (SSSR count). The maximum absolute atomic E-state index is 6.66. The van der Waals surface area contributed by atoms with E-state index >= 15 is 0 Å². The summed E-state index contributed by atoms with van der Waals surface area (Å²) in [5, 5.41) is 2.33. The van der Waals surface area contributed by atoms with Crippen molar-refractivity contribution >= 4 is 21.9 Å². The van der Waals surface area contributed by atoms with Crippen LogP contribution in [0.2, 0.25) is 0 Å². The summed E-state index contributed by atoms with van der Waals surface area (Å²) in [5.41, 5.74) is 11.6. The van der Waals surface area contributed by atoms with E-state index in [2.05, 4.69) is 94.9 Å². The molecule has 164 valence electrons. The quantitative estimate of drug-likeness (QED) is 0.275. The lowest BCUT2D eigenvalue weighted by Gasteiger charge is -2.19. The van der Waals surface area contributed by atoms with Gasteiger partial charge >= 0.3 is 0 Å². The van der Waals surface area contributed by atoms with Crippen molar-refractivity contribution in [2.24, 2.45) is 7.05 Å². The maximum atomic E-state index is 6.66. The largest absolute Gasteiger partial charge is 0.455 e. The van der Waals surface area contributed by atoms with Gasteiger partial charge in [0.15, 0.2) is 6.20 Å². The summed E-state index contributed by atoms with van der Waals surface area (Å²) < 4.78 is 8.86. The van der Waals surface area contributed by atoms with Gasteiger partial charge in [-0.15, -0.1) is 0 Å². The second kappa shape index (κ2) is 6.77. The van der Waals surface area contributed by atoms with Crippen molar-refractivity contribution in [2.45, 2.75) is 46.0 Å². The van der Waals surface area contributed by atoms with Crippen LogP contribution in [-0.2, 0) is 12.5 Å². The Morgan fingerprint density at radius 1 is 0.970 bits per heavy atom. The smallest absolute Gasteiger partial charge is 0.216 e. The molecule has 0 saturated carbocycles. The molecular weight excluding hydrogens is 404 g/mol. The lowest BCUT2D eigenvalue weighted by molar-refractivity contribution is -0.660. The molecule has 0 N–H and O–H groups in total. The second-order valence-corrected chi connectivity index (χ2v) is 10.3. The van der Waals surface area contributed by atoms with Crippen molar-refractivity contribution in [2.75, 3.05) is 0 Å². The first kappa shape index (κ1) is 20.2. The normalized spacial score (nSPS) is 14.3. The van der Waals surface area contributed by atoms with Crippen molar-refractivity contribution in [1.82, 2.24) is 4.98 Å². The van der Waals surface area contributed by atoms with Gasteiger partial charge < -0.3 is 4.42 Å². The minimum atomic E-state index is -0.143. The maximum Gasteiger partial charge on any atom is 0.216 e. The fourth-order valence-electron chi connectivity index (χ4n) is 5.48. The summed E-state index contributed by atoms with van der Waals surface area (Å²) in [4.78, 5) is 4.73. The predicted molar refractivity (Wildman–Crippen MR) is 135 cm³/mol. The minimum Gasteiger partial charge on any atom is -0.455 e. The molecule has 0 fully saturated rings. The Morgan fingerprint density at radius 3 is 2.58 bits per heavy atom. The molecule has 0 spiro atoms. The predicted octanol–water partition coefficient (Wildman–Crippen LogP) is 7.21. The van der Waals surface area contributed by atoms with E-state index in [-0.39, 0.29) is 5.41 Å². The van der Waals surface area contributed by atoms with Gasteiger partial charge in [0.25, 0.3) is 0 Å². The van der Waals surface area contributed by atoms with E-state index in [4.69, 9.17) is 9.40 Å². The van der Waals surface area contributed by atoms with Crippen molar-refractivity contribution in [1.29, 1.82) is 0 Å². The van der Waals surface area contributed by atoms with E-state index in [1.165, 1.54) is 49.8 Å². The lowest BCUT2D eigenvalue weighted by Crippen LogP contribution is -2.31. The summed E-state index contributed by atoms with van der Waals surface area (Å²) in [7, 11) is 2.11. The molecule has 0 unspecified atom stereocenters. The van der Waals surface area contributed by atoms with Crippen LogP contribution in [0, 0.1) is 6.92 Å². The molecule has 3 aromatic heterocycles. The number of rotatable bonds is 2. The third-order valence-electron chi connectivity index (χ3n) is 7.45. The molecule has 0 radical (unpaired) electrons. The highest BCUT2D eigenvalue weighted by atomic mass is 16.3. The zero-order chi connectivity index (χ0) is 23.1. The topological polar surface area (TPSA) is 29.9 Å². The molecule has 5 aromatic rings. The fourth-order valence-corrected chi connectivity index (χ4v) is 5.48. The third kappa shape index (κ3) is 2.75. The molecule has 0 saturated heterocycles. The molecule has 3 heteroatoms. The van der Waals surface area contributed by atoms with E-state index < -0.39 is 0 Å². The summed E-state index contributed by atoms with van der Waals surface area (Å²) in [5.74, 6) is 0.471. The van der Waals surface area contributed by atoms with Crippen molar-refractivity contribution in [3.05, 3.63) is 83.3 Å². The monoisotopic (exact) mass is 433 g/mol. The number of fused-ring (bicyclic) bond motifs is 6. The SMILES string of the molecule is Cc1ccc2c(oc3cc4c(cc32)-c2cccnc2C4(C)C)c1-c1cc(C(C)C)cc[n+]1C. The van der Waals surface area contributed by atoms with Gasteiger partial charge in [-0.2, -0.15) is 0 Å². The first-order valence-corrected chi connectivity index (χ1v) is 11.7. The van der Waals surface area contributed by atoms with Crippen molar-refractivity contribution < 1.29 is 8.98 Å². The van der Waals surface area contributed by atoms with Crippen LogP contribution >= 0.6 is 0 Å². The highest BCUT2D eigenvalue weighted by molar-refractivity contribution is 6.11. The van der Waals surface area contributed by atoms with E-state index in [9.17, 15) is 0 Å². The Balaban J connectivity index is 1.67. The molecular formula is C30H29N2O+. The van der Waals surface area contributed by atoms with E-state index in [1.807, 2.05) is 12.3 Å². The zero-order valence-corrected chi connectivity index (χ0v) is 20.2. The number of hydrogen-bond acceptors (Lipinski definition) is 2. The number of hydrogen-bond donors (Lipinski definition) is 0. The third-order valence-corrected chi connectivity index (χ3v) is 7.45. The zero-order valence-electron chi connectivity index (χ0n) is 20.2. The highest BCUT2D eigenvalue weighted by Crippen LogP contribution is 2.50. The molecule has 0 atom stereocenters. The van der Waals surface area contributed by atoms with Gasteiger partial charge in [-0.25, -0.2) is 4.57 Å². The van der Waals surface area contributed by atoms with Gasteiger partial charge in [0.2, 0.25) is 5.69 Å². The molecule has 1 aliphatic carbocycles. The molecule has 33 heavy (non-hydrogen) atoms. The van der Waals surface area contributed by atoms with Crippen LogP contribution in [-0.4, -0.2) is 4.98 Å². The van der Waals surface area contributed by atoms with Crippen LogP contribution in [0.5, 0.6) is 0 Å². The van der Waals surface area contributed by atoms with Crippen LogP contribution in [0.25, 0.3) is 44.3 Å². The summed E-state index contributed by atoms with van der Waals surface area (Å²) in [6, 6.07) is 17.7. The van der Waals surface area contributed by atoms with E-state index in [0.717, 1.165) is 16.9 Å². The van der Waals surface area contributed by atoms with Gasteiger partial charge in [-0.05, 0) is 53.3 Å². The van der Waals surface area contributed by atoms with E-state index in [0.29, 0.717) is 5.92 Å². The van der Waals surface area contributed by atoms with Crippen LogP contribution < -0.4 is 4.57 Å². The number of benzene rings is 2. The molecule has 1 aliphatic rings. The molecule has 3 nitrogen and oxygen atoms in total. The molecule has 0 amide bonds. The van der Waals surface area contributed by atoms with Gasteiger partial charge in [-0.3, -0.25) is 4.98 Å². The van der Waals surface area contributed by atoms with E-state index in [1.54, 1.807) is 0 Å². The average molecular weight is 434 g/mol. The van der Waals surface area contributed by atoms with Crippen molar-refractivity contribution in [3.8, 4) is 22.4 Å². The van der Waals surface area contributed by atoms with Gasteiger partial charge in [0.05, 0.1) is 11.3 Å². The Labute approximate surface area is 194 Å². The standard InChI is InChI=1S/C30H29N2O/c1-17(2)19-11-13-32(6)25(14-19)27-18(3)9-10-20-23-15-22-21-8-7-12-31-29(21)30(4,5)24(22)16-26(23)33-28(20)27/h7-17H,1-6H3/q+1. The molecule has 3 heterocycles. The fraction of sp³-hybridized carbons (Fsp3) is 0.267. The molecule has 2 aromatic carbocycles. The molecule has 0 bridgehead atoms. The number of furan rings is 1. The lowest BCUT2D eigenvalue weighted by atomic mass is 9.85. The molecule has 0 aliphatic heterocycles. The van der Waals surface area contributed by atoms with Crippen molar-refractivity contribution in [3.63, 3.8) is 0 Å². The number of nitrogens with zero attached hydrogens (tertiary/aromatic N) is 2. The van der Waals surface area contributed by atoms with Crippen LogP contribution in [0.4, 0.5) is 0 Å². The first-order chi connectivity index (χ1) is 15.8. The minimum absolute atomic E-state index is 0.143. The Bertz CT molecular complexity index is 1590. The van der Waals surface area contributed by atoms with Gasteiger partial charge in [-0.1, -0.05) is 45.9 Å². The first-order valence-electron chi connectivity index (χ1n) is 11.7. The Kier molecular flexibility index (Phi) is 4.14. The summed E-state index contributed by atoms with van der Waals surface area (Å²) >= 11 is 0. The number of pyridine rings is 2. The van der Waals surface area contributed by atoms with Crippen LogP contribution in [0.3, 0.4) is 0 Å². The van der Waals surface area contributed by atoms with Crippen LogP contribution in [0.1, 0.15) is 56.0 Å². The summed E-state index contributed by atoms with van der Waals surface area (Å²) in [6.07, 6.45) is 4.05.